The maximum Gasteiger partial charge on any atom is 0.286 e. The minimum atomic E-state index is -4.01. The first-order valence-electron chi connectivity index (χ1n) is 9.78. The van der Waals surface area contributed by atoms with Crippen LogP contribution in [0.3, 0.4) is 0 Å². The van der Waals surface area contributed by atoms with Crippen molar-refractivity contribution >= 4 is 10.0 Å². The summed E-state index contributed by atoms with van der Waals surface area (Å²) in [5, 5.41) is 11.3. The lowest BCUT2D eigenvalue weighted by Gasteiger charge is -2.25. The van der Waals surface area contributed by atoms with Crippen molar-refractivity contribution in [3.63, 3.8) is 0 Å². The Morgan fingerprint density at radius 3 is 2.10 bits per heavy atom. The molecule has 0 saturated heterocycles. The van der Waals surface area contributed by atoms with Crippen LogP contribution in [0.5, 0.6) is 0 Å². The molecule has 2 heterocycles. The van der Waals surface area contributed by atoms with Crippen LogP contribution < -0.4 is 0 Å². The number of hydrogen-bond donors (Lipinski definition) is 0. The molecule has 0 unspecified atom stereocenters. The predicted molar refractivity (Wildman–Crippen MR) is 112 cm³/mol. The molecule has 8 heteroatoms. The van der Waals surface area contributed by atoms with Crippen molar-refractivity contribution in [2.45, 2.75) is 64.2 Å². The van der Waals surface area contributed by atoms with Gasteiger partial charge in [0.15, 0.2) is 0 Å². The number of hydrogen-bond acceptors (Lipinski definition) is 6. The normalized spacial score (nSPS) is 12.3. The molecule has 0 saturated carbocycles. The van der Waals surface area contributed by atoms with E-state index in [1.807, 2.05) is 19.9 Å². The summed E-state index contributed by atoms with van der Waals surface area (Å²) in [6, 6.07) is 8.81. The van der Waals surface area contributed by atoms with Crippen LogP contribution in [-0.2, 0) is 10.0 Å². The Bertz CT molecular complexity index is 1100. The third-order valence-corrected chi connectivity index (χ3v) is 6.51. The Labute approximate surface area is 172 Å². The highest BCUT2D eigenvalue weighted by Crippen LogP contribution is 2.38. The molecule has 3 rings (SSSR count). The molecular weight excluding hydrogens is 386 g/mol. The minimum Gasteiger partial charge on any atom is -0.253 e. The number of pyridine rings is 1. The first-order chi connectivity index (χ1) is 13.7. The summed E-state index contributed by atoms with van der Waals surface area (Å²) in [6.07, 6.45) is 1.58. The smallest absolute Gasteiger partial charge is 0.253 e. The number of rotatable bonds is 6. The Hall–Kier alpha value is -2.61. The van der Waals surface area contributed by atoms with E-state index in [1.165, 1.54) is 5.56 Å². The van der Waals surface area contributed by atoms with E-state index >= 15 is 0 Å². The average Bonchev–Trinajstić information content (AvgIpc) is 3.18. The lowest BCUT2D eigenvalue weighted by atomic mass is 9.83. The average molecular weight is 414 g/mol. The Balaban J connectivity index is 2.29. The lowest BCUT2D eigenvalue weighted by molar-refractivity contribution is 0.574. The van der Waals surface area contributed by atoms with Gasteiger partial charge in [0.05, 0.1) is 4.90 Å². The molecule has 7 nitrogen and oxygen atoms in total. The van der Waals surface area contributed by atoms with Gasteiger partial charge < -0.3 is 0 Å². The second-order valence-electron chi connectivity index (χ2n) is 8.01. The maximum atomic E-state index is 13.7. The zero-order valence-corrected chi connectivity index (χ0v) is 18.5. The van der Waals surface area contributed by atoms with Gasteiger partial charge in [0.25, 0.3) is 10.0 Å². The fraction of sp³-hybridized carbons (Fsp3) is 0.429. The second-order valence-corrected chi connectivity index (χ2v) is 9.75. The van der Waals surface area contributed by atoms with Crippen molar-refractivity contribution in [1.82, 2.24) is 24.6 Å². The number of benzene rings is 1. The molecule has 0 N–H and O–H groups in total. The van der Waals surface area contributed by atoms with Gasteiger partial charge in [0.1, 0.15) is 5.69 Å². The van der Waals surface area contributed by atoms with Crippen LogP contribution in [0.2, 0.25) is 0 Å². The summed E-state index contributed by atoms with van der Waals surface area (Å²) in [7, 11) is -4.01. The first-order valence-corrected chi connectivity index (χ1v) is 11.2. The van der Waals surface area contributed by atoms with Gasteiger partial charge in [-0.15, -0.1) is 9.19 Å². The quantitative estimate of drug-likeness (QED) is 0.597. The van der Waals surface area contributed by atoms with E-state index in [4.69, 9.17) is 0 Å². The van der Waals surface area contributed by atoms with Gasteiger partial charge in [-0.2, -0.15) is 8.42 Å². The van der Waals surface area contributed by atoms with Gasteiger partial charge in [-0.1, -0.05) is 53.7 Å². The van der Waals surface area contributed by atoms with Crippen LogP contribution in [-0.4, -0.2) is 33.0 Å². The van der Waals surface area contributed by atoms with E-state index in [-0.39, 0.29) is 22.6 Å². The largest absolute Gasteiger partial charge is 0.286 e. The fourth-order valence-electron chi connectivity index (χ4n) is 3.68. The zero-order chi connectivity index (χ0) is 21.3. The van der Waals surface area contributed by atoms with E-state index in [1.54, 1.807) is 30.5 Å². The van der Waals surface area contributed by atoms with Crippen LogP contribution in [0.4, 0.5) is 0 Å². The molecule has 0 bridgehead atoms. The van der Waals surface area contributed by atoms with Crippen LogP contribution in [0.1, 0.15) is 76.0 Å². The van der Waals surface area contributed by atoms with E-state index in [9.17, 15) is 8.42 Å². The van der Waals surface area contributed by atoms with E-state index in [2.05, 4.69) is 48.2 Å². The van der Waals surface area contributed by atoms with E-state index < -0.39 is 10.0 Å². The molecule has 154 valence electrons. The molecule has 3 aromatic rings. The van der Waals surface area contributed by atoms with Crippen molar-refractivity contribution in [2.24, 2.45) is 0 Å². The molecule has 0 radical (unpaired) electrons. The molecule has 1 aromatic carbocycles. The third kappa shape index (κ3) is 3.81. The zero-order valence-electron chi connectivity index (χ0n) is 17.7. The summed E-state index contributed by atoms with van der Waals surface area (Å²) < 4.78 is 28.2. The standard InChI is InChI=1S/C21H27N5O2S/c1-13(2)16-10-11-18(20(15(5)6)19(16)14(3)4)29(27,28)26-21(23-24-25-26)17-9-7-8-12-22-17/h7-15H,1-6H3. The summed E-state index contributed by atoms with van der Waals surface area (Å²) in [6.45, 7) is 12.5. The van der Waals surface area contributed by atoms with Gasteiger partial charge in [0.2, 0.25) is 5.82 Å². The van der Waals surface area contributed by atoms with Crippen molar-refractivity contribution in [3.8, 4) is 11.5 Å². The van der Waals surface area contributed by atoms with Crippen LogP contribution in [0.25, 0.3) is 11.5 Å². The van der Waals surface area contributed by atoms with Gasteiger partial charge >= 0.3 is 0 Å². The lowest BCUT2D eigenvalue weighted by Crippen LogP contribution is -2.20. The first kappa shape index (κ1) is 21.1. The highest BCUT2D eigenvalue weighted by molar-refractivity contribution is 7.90. The highest BCUT2D eigenvalue weighted by atomic mass is 32.2. The van der Waals surface area contributed by atoms with E-state index in [0.717, 1.165) is 15.2 Å². The molecule has 0 atom stereocenters. The minimum absolute atomic E-state index is 0.0191. The summed E-state index contributed by atoms with van der Waals surface area (Å²) in [4.78, 5) is 4.44. The van der Waals surface area contributed by atoms with Gasteiger partial charge in [0, 0.05) is 6.20 Å². The topological polar surface area (TPSA) is 90.6 Å². The molecule has 0 aliphatic carbocycles. The monoisotopic (exact) mass is 413 g/mol. The predicted octanol–water partition coefficient (Wildman–Crippen LogP) is 4.34. The van der Waals surface area contributed by atoms with Crippen molar-refractivity contribution < 1.29 is 8.42 Å². The van der Waals surface area contributed by atoms with Gasteiger partial charge in [-0.25, -0.2) is 0 Å². The Kier molecular flexibility index (Phi) is 5.84. The Morgan fingerprint density at radius 2 is 1.55 bits per heavy atom. The third-order valence-electron chi connectivity index (χ3n) is 4.90. The summed E-state index contributed by atoms with van der Waals surface area (Å²) in [5.41, 5.74) is 3.48. The van der Waals surface area contributed by atoms with E-state index in [0.29, 0.717) is 11.6 Å². The van der Waals surface area contributed by atoms with Gasteiger partial charge in [-0.3, -0.25) is 4.98 Å². The fourth-order valence-corrected chi connectivity index (χ4v) is 5.22. The number of tetrazole rings is 1. The molecule has 0 aliphatic heterocycles. The summed E-state index contributed by atoms with van der Waals surface area (Å²) in [5.74, 6) is 0.591. The van der Waals surface area contributed by atoms with Crippen molar-refractivity contribution in [1.29, 1.82) is 0 Å². The van der Waals surface area contributed by atoms with Crippen molar-refractivity contribution in [3.05, 3.63) is 53.2 Å². The molecule has 0 spiro atoms. The molecule has 0 aliphatic rings. The Morgan fingerprint density at radius 1 is 0.862 bits per heavy atom. The molecular formula is C21H27N5O2S. The van der Waals surface area contributed by atoms with Crippen LogP contribution >= 0.6 is 0 Å². The van der Waals surface area contributed by atoms with Crippen molar-refractivity contribution in [2.75, 3.05) is 0 Å². The maximum absolute atomic E-state index is 13.7. The molecule has 0 amide bonds. The molecule has 29 heavy (non-hydrogen) atoms. The van der Waals surface area contributed by atoms with Crippen LogP contribution in [0.15, 0.2) is 41.4 Å². The number of nitrogens with zero attached hydrogens (tertiary/aromatic N) is 5. The number of aromatic nitrogens is 5. The highest BCUT2D eigenvalue weighted by Gasteiger charge is 2.31. The molecule has 0 fully saturated rings. The SMILES string of the molecule is CC(C)c1ccc(S(=O)(=O)n2nnnc2-c2ccccn2)c(C(C)C)c1C(C)C. The summed E-state index contributed by atoms with van der Waals surface area (Å²) >= 11 is 0. The molecule has 2 aromatic heterocycles. The second kappa shape index (κ2) is 8.02. The van der Waals surface area contributed by atoms with Crippen LogP contribution in [0, 0.1) is 0 Å². The van der Waals surface area contributed by atoms with Gasteiger partial charge in [-0.05, 0) is 63.1 Å².